The standard InChI is InChI=1S/C16H32O4/c1-3-4-5-6-7-8-9-10-11-15(19-2)14-20-13-12-16(17)18/h15H,3-14H2,1-2H3,(H,17,18). The molecule has 0 saturated carbocycles. The quantitative estimate of drug-likeness (QED) is 0.462. The van der Waals surface area contributed by atoms with E-state index in [1.54, 1.807) is 7.11 Å². The van der Waals surface area contributed by atoms with E-state index in [2.05, 4.69) is 6.92 Å². The van der Waals surface area contributed by atoms with Crippen LogP contribution in [0.15, 0.2) is 0 Å². The highest BCUT2D eigenvalue weighted by Gasteiger charge is 2.07. The molecule has 0 aromatic heterocycles. The Bertz CT molecular complexity index is 219. The van der Waals surface area contributed by atoms with Crippen molar-refractivity contribution in [2.75, 3.05) is 20.3 Å². The van der Waals surface area contributed by atoms with Crippen molar-refractivity contribution in [3.8, 4) is 0 Å². The maximum absolute atomic E-state index is 10.3. The summed E-state index contributed by atoms with van der Waals surface area (Å²) in [6.45, 7) is 3.01. The van der Waals surface area contributed by atoms with Crippen LogP contribution in [0.1, 0.15) is 71.1 Å². The van der Waals surface area contributed by atoms with Gasteiger partial charge in [-0.1, -0.05) is 58.3 Å². The molecule has 0 fully saturated rings. The van der Waals surface area contributed by atoms with Crippen LogP contribution < -0.4 is 0 Å². The zero-order valence-corrected chi connectivity index (χ0v) is 13.2. The molecule has 0 amide bonds. The zero-order chi connectivity index (χ0) is 15.1. The van der Waals surface area contributed by atoms with Gasteiger partial charge in [-0.3, -0.25) is 4.79 Å². The van der Waals surface area contributed by atoms with Gasteiger partial charge in [-0.25, -0.2) is 0 Å². The Hall–Kier alpha value is -0.610. The van der Waals surface area contributed by atoms with E-state index in [-0.39, 0.29) is 19.1 Å². The minimum absolute atomic E-state index is 0.0637. The molecule has 0 saturated heterocycles. The zero-order valence-electron chi connectivity index (χ0n) is 13.2. The van der Waals surface area contributed by atoms with Crippen molar-refractivity contribution in [2.45, 2.75) is 77.2 Å². The van der Waals surface area contributed by atoms with Gasteiger partial charge in [-0.05, 0) is 6.42 Å². The van der Waals surface area contributed by atoms with Crippen molar-refractivity contribution in [1.82, 2.24) is 0 Å². The fourth-order valence-electron chi connectivity index (χ4n) is 2.15. The molecule has 0 aliphatic heterocycles. The van der Waals surface area contributed by atoms with Crippen LogP contribution in [0, 0.1) is 0 Å². The van der Waals surface area contributed by atoms with Gasteiger partial charge in [0.05, 0.1) is 25.7 Å². The van der Waals surface area contributed by atoms with E-state index in [0.717, 1.165) is 12.8 Å². The fourth-order valence-corrected chi connectivity index (χ4v) is 2.15. The second-order valence-electron chi connectivity index (χ2n) is 5.34. The number of carboxylic acid groups (broad SMARTS) is 1. The van der Waals surface area contributed by atoms with Gasteiger partial charge in [-0.2, -0.15) is 0 Å². The summed E-state index contributed by atoms with van der Waals surface area (Å²) < 4.78 is 10.7. The van der Waals surface area contributed by atoms with Gasteiger partial charge in [0.15, 0.2) is 0 Å². The second-order valence-corrected chi connectivity index (χ2v) is 5.34. The van der Waals surface area contributed by atoms with E-state index in [1.807, 2.05) is 0 Å². The highest BCUT2D eigenvalue weighted by atomic mass is 16.5. The number of aliphatic carboxylic acids is 1. The molecule has 0 spiro atoms. The number of carbonyl (C=O) groups is 1. The minimum Gasteiger partial charge on any atom is -0.481 e. The lowest BCUT2D eigenvalue weighted by Gasteiger charge is -2.15. The molecule has 20 heavy (non-hydrogen) atoms. The van der Waals surface area contributed by atoms with E-state index in [0.29, 0.717) is 6.61 Å². The van der Waals surface area contributed by atoms with Crippen molar-refractivity contribution in [1.29, 1.82) is 0 Å². The van der Waals surface area contributed by atoms with E-state index < -0.39 is 5.97 Å². The molecule has 0 bridgehead atoms. The van der Waals surface area contributed by atoms with Crippen LogP contribution in [0.5, 0.6) is 0 Å². The molecule has 1 unspecified atom stereocenters. The van der Waals surface area contributed by atoms with Gasteiger partial charge >= 0.3 is 5.97 Å². The molecule has 1 atom stereocenters. The lowest BCUT2D eigenvalue weighted by atomic mass is 10.1. The molecular weight excluding hydrogens is 256 g/mol. The van der Waals surface area contributed by atoms with E-state index in [1.165, 1.54) is 44.9 Å². The average molecular weight is 288 g/mol. The van der Waals surface area contributed by atoms with Gasteiger partial charge in [0, 0.05) is 7.11 Å². The number of carboxylic acids is 1. The summed E-state index contributed by atoms with van der Waals surface area (Å²) in [5.41, 5.74) is 0. The molecule has 0 aliphatic carbocycles. The maximum Gasteiger partial charge on any atom is 0.305 e. The summed E-state index contributed by atoms with van der Waals surface area (Å²) in [4.78, 5) is 10.3. The number of hydrogen-bond donors (Lipinski definition) is 1. The number of hydrogen-bond acceptors (Lipinski definition) is 3. The fraction of sp³-hybridized carbons (Fsp3) is 0.938. The van der Waals surface area contributed by atoms with Crippen LogP contribution in [0.3, 0.4) is 0 Å². The Morgan fingerprint density at radius 1 is 1.05 bits per heavy atom. The Balaban J connectivity index is 3.34. The molecule has 4 heteroatoms. The number of unbranched alkanes of at least 4 members (excludes halogenated alkanes) is 7. The third-order valence-corrected chi connectivity index (χ3v) is 3.48. The molecule has 0 rings (SSSR count). The Morgan fingerprint density at radius 3 is 2.20 bits per heavy atom. The highest BCUT2D eigenvalue weighted by molar-refractivity contribution is 5.66. The van der Waals surface area contributed by atoms with Crippen LogP contribution in [-0.2, 0) is 14.3 Å². The predicted molar refractivity (Wildman–Crippen MR) is 81.1 cm³/mol. The number of ether oxygens (including phenoxy) is 2. The van der Waals surface area contributed by atoms with Crippen molar-refractivity contribution < 1.29 is 19.4 Å². The molecule has 120 valence electrons. The van der Waals surface area contributed by atoms with E-state index >= 15 is 0 Å². The summed E-state index contributed by atoms with van der Waals surface area (Å²) in [5, 5.41) is 8.50. The van der Waals surface area contributed by atoms with Gasteiger partial charge in [0.25, 0.3) is 0 Å². The van der Waals surface area contributed by atoms with Crippen molar-refractivity contribution in [3.05, 3.63) is 0 Å². The van der Waals surface area contributed by atoms with Gasteiger partial charge < -0.3 is 14.6 Å². The highest BCUT2D eigenvalue weighted by Crippen LogP contribution is 2.11. The molecule has 0 aromatic carbocycles. The lowest BCUT2D eigenvalue weighted by Crippen LogP contribution is -2.19. The van der Waals surface area contributed by atoms with Crippen molar-refractivity contribution in [3.63, 3.8) is 0 Å². The molecule has 4 nitrogen and oxygen atoms in total. The topological polar surface area (TPSA) is 55.8 Å². The molecule has 0 aromatic rings. The number of methoxy groups -OCH3 is 1. The molecule has 0 aliphatic rings. The number of rotatable bonds is 15. The molecule has 0 radical (unpaired) electrons. The van der Waals surface area contributed by atoms with Crippen LogP contribution in [0.4, 0.5) is 0 Å². The normalized spacial score (nSPS) is 12.5. The average Bonchev–Trinajstić information content (AvgIpc) is 2.43. The summed E-state index contributed by atoms with van der Waals surface area (Å²) in [6.07, 6.45) is 11.6. The monoisotopic (exact) mass is 288 g/mol. The van der Waals surface area contributed by atoms with Crippen LogP contribution in [0.2, 0.25) is 0 Å². The molecule has 0 heterocycles. The summed E-state index contributed by atoms with van der Waals surface area (Å²) in [5.74, 6) is -0.818. The lowest BCUT2D eigenvalue weighted by molar-refractivity contribution is -0.138. The van der Waals surface area contributed by atoms with Crippen LogP contribution >= 0.6 is 0 Å². The van der Waals surface area contributed by atoms with Gasteiger partial charge in [-0.15, -0.1) is 0 Å². The first-order valence-corrected chi connectivity index (χ1v) is 8.03. The molecule has 1 N–H and O–H groups in total. The molecular formula is C16H32O4. The van der Waals surface area contributed by atoms with Crippen LogP contribution in [0.25, 0.3) is 0 Å². The third-order valence-electron chi connectivity index (χ3n) is 3.48. The van der Waals surface area contributed by atoms with Gasteiger partial charge in [0.2, 0.25) is 0 Å². The van der Waals surface area contributed by atoms with Crippen molar-refractivity contribution in [2.24, 2.45) is 0 Å². The van der Waals surface area contributed by atoms with Crippen molar-refractivity contribution >= 4 is 5.97 Å². The minimum atomic E-state index is -0.818. The smallest absolute Gasteiger partial charge is 0.305 e. The largest absolute Gasteiger partial charge is 0.481 e. The Kier molecular flexibility index (Phi) is 14.3. The first-order valence-electron chi connectivity index (χ1n) is 8.03. The Labute approximate surface area is 123 Å². The first kappa shape index (κ1) is 19.4. The van der Waals surface area contributed by atoms with Gasteiger partial charge in [0.1, 0.15) is 0 Å². The summed E-state index contributed by atoms with van der Waals surface area (Å²) in [7, 11) is 1.69. The maximum atomic E-state index is 10.3. The predicted octanol–water partition coefficient (Wildman–Crippen LogP) is 4.02. The first-order chi connectivity index (χ1) is 9.70. The SMILES string of the molecule is CCCCCCCCCCC(COCCC(=O)O)OC. The Morgan fingerprint density at radius 2 is 1.65 bits per heavy atom. The third kappa shape index (κ3) is 13.8. The van der Waals surface area contributed by atoms with E-state index in [9.17, 15) is 4.79 Å². The second kappa shape index (κ2) is 14.8. The summed E-state index contributed by atoms with van der Waals surface area (Å²) in [6, 6.07) is 0. The van der Waals surface area contributed by atoms with E-state index in [4.69, 9.17) is 14.6 Å². The summed E-state index contributed by atoms with van der Waals surface area (Å²) >= 11 is 0. The van der Waals surface area contributed by atoms with Crippen LogP contribution in [-0.4, -0.2) is 37.5 Å².